The summed E-state index contributed by atoms with van der Waals surface area (Å²) in [6.07, 6.45) is 1.47. The van der Waals surface area contributed by atoms with Crippen LogP contribution >= 0.6 is 11.6 Å². The lowest BCUT2D eigenvalue weighted by atomic mass is 9.95. The zero-order valence-electron chi connectivity index (χ0n) is 10.1. The summed E-state index contributed by atoms with van der Waals surface area (Å²) in [5.41, 5.74) is 0.837. The Morgan fingerprint density at radius 1 is 1.50 bits per heavy atom. The molecular formula is C14H14ClFO2. The average molecular weight is 269 g/mol. The fraction of sp³-hybridized carbons (Fsp3) is 0.429. The molecule has 0 aliphatic heterocycles. The standard InChI is InChI=1S/C14H14ClFO2/c1-8(17)10-6-11(14(18)7-10)4-9-2-3-13(16)12(15)5-9/h2-3,5,10-11H,4,6-7H2,1H3/t10-,11-/m0/s1. The minimum atomic E-state index is -0.459. The molecule has 18 heavy (non-hydrogen) atoms. The van der Waals surface area contributed by atoms with Crippen LogP contribution in [0, 0.1) is 17.7 Å². The van der Waals surface area contributed by atoms with Gasteiger partial charge in [-0.15, -0.1) is 0 Å². The van der Waals surface area contributed by atoms with Crippen molar-refractivity contribution in [1.82, 2.24) is 0 Å². The van der Waals surface area contributed by atoms with Crippen LogP contribution in [0.15, 0.2) is 18.2 Å². The number of halogens is 2. The monoisotopic (exact) mass is 268 g/mol. The quantitative estimate of drug-likeness (QED) is 0.844. The van der Waals surface area contributed by atoms with Gasteiger partial charge in [-0.1, -0.05) is 17.7 Å². The first kappa shape index (κ1) is 13.2. The maximum atomic E-state index is 13.0. The third-order valence-electron chi connectivity index (χ3n) is 3.51. The zero-order valence-corrected chi connectivity index (χ0v) is 10.8. The van der Waals surface area contributed by atoms with Gasteiger partial charge in [-0.2, -0.15) is 0 Å². The van der Waals surface area contributed by atoms with Crippen molar-refractivity contribution in [2.75, 3.05) is 0 Å². The van der Waals surface area contributed by atoms with Crippen molar-refractivity contribution in [3.63, 3.8) is 0 Å². The number of Topliss-reactive ketones (excluding diaryl/α,β-unsaturated/α-hetero) is 2. The molecule has 0 N–H and O–H groups in total. The number of ketones is 2. The second-order valence-electron chi connectivity index (χ2n) is 4.86. The molecule has 0 aromatic heterocycles. The maximum Gasteiger partial charge on any atom is 0.141 e. The van der Waals surface area contributed by atoms with Gasteiger partial charge in [-0.05, 0) is 37.5 Å². The zero-order chi connectivity index (χ0) is 13.3. The van der Waals surface area contributed by atoms with Gasteiger partial charge in [0, 0.05) is 18.3 Å². The fourth-order valence-corrected chi connectivity index (χ4v) is 2.63. The van der Waals surface area contributed by atoms with E-state index >= 15 is 0 Å². The summed E-state index contributed by atoms with van der Waals surface area (Å²) in [6.45, 7) is 1.52. The van der Waals surface area contributed by atoms with Crippen molar-refractivity contribution in [3.05, 3.63) is 34.6 Å². The summed E-state index contributed by atoms with van der Waals surface area (Å²) in [5.74, 6) is -0.544. The topological polar surface area (TPSA) is 34.1 Å². The number of carbonyl (C=O) groups is 2. The molecule has 1 aliphatic carbocycles. The lowest BCUT2D eigenvalue weighted by Gasteiger charge is -2.09. The highest BCUT2D eigenvalue weighted by atomic mass is 35.5. The second-order valence-corrected chi connectivity index (χ2v) is 5.27. The normalized spacial score (nSPS) is 23.4. The highest BCUT2D eigenvalue weighted by molar-refractivity contribution is 6.30. The van der Waals surface area contributed by atoms with Crippen LogP contribution in [-0.4, -0.2) is 11.6 Å². The van der Waals surface area contributed by atoms with Gasteiger partial charge >= 0.3 is 0 Å². The Hall–Kier alpha value is -1.22. The largest absolute Gasteiger partial charge is 0.300 e. The van der Waals surface area contributed by atoms with E-state index in [-0.39, 0.29) is 28.4 Å². The Balaban J connectivity index is 2.08. The van der Waals surface area contributed by atoms with Crippen molar-refractivity contribution in [1.29, 1.82) is 0 Å². The molecule has 0 radical (unpaired) electrons. The van der Waals surface area contributed by atoms with E-state index in [0.717, 1.165) is 5.56 Å². The summed E-state index contributed by atoms with van der Waals surface area (Å²) in [6, 6.07) is 4.49. The lowest BCUT2D eigenvalue weighted by Crippen LogP contribution is -2.09. The molecule has 96 valence electrons. The predicted octanol–water partition coefficient (Wildman–Crippen LogP) is 3.21. The van der Waals surface area contributed by atoms with Gasteiger partial charge < -0.3 is 0 Å². The van der Waals surface area contributed by atoms with Gasteiger partial charge in [0.25, 0.3) is 0 Å². The molecule has 0 spiro atoms. The van der Waals surface area contributed by atoms with Crippen molar-refractivity contribution in [2.45, 2.75) is 26.2 Å². The molecule has 1 aliphatic rings. The molecule has 1 aromatic carbocycles. The molecule has 2 nitrogen and oxygen atoms in total. The highest BCUT2D eigenvalue weighted by Gasteiger charge is 2.34. The smallest absolute Gasteiger partial charge is 0.141 e. The van der Waals surface area contributed by atoms with E-state index in [4.69, 9.17) is 11.6 Å². The van der Waals surface area contributed by atoms with Gasteiger partial charge in [-0.3, -0.25) is 9.59 Å². The van der Waals surface area contributed by atoms with E-state index in [2.05, 4.69) is 0 Å². The number of hydrogen-bond donors (Lipinski definition) is 0. The van der Waals surface area contributed by atoms with Gasteiger partial charge in [0.15, 0.2) is 0 Å². The van der Waals surface area contributed by atoms with Gasteiger partial charge in [0.2, 0.25) is 0 Å². The van der Waals surface area contributed by atoms with Crippen LogP contribution in [0.3, 0.4) is 0 Å². The molecule has 1 fully saturated rings. The van der Waals surface area contributed by atoms with Crippen molar-refractivity contribution in [3.8, 4) is 0 Å². The van der Waals surface area contributed by atoms with Gasteiger partial charge in [0.1, 0.15) is 17.4 Å². The van der Waals surface area contributed by atoms with Crippen LogP contribution in [0.5, 0.6) is 0 Å². The van der Waals surface area contributed by atoms with E-state index in [1.807, 2.05) is 0 Å². The molecule has 4 heteroatoms. The molecule has 2 rings (SSSR count). The third-order valence-corrected chi connectivity index (χ3v) is 3.80. The summed E-state index contributed by atoms with van der Waals surface area (Å²) < 4.78 is 13.0. The minimum Gasteiger partial charge on any atom is -0.300 e. The average Bonchev–Trinajstić information content (AvgIpc) is 2.66. The van der Waals surface area contributed by atoms with Crippen LogP contribution < -0.4 is 0 Å². The Kier molecular flexibility index (Phi) is 3.81. The second kappa shape index (κ2) is 5.19. The molecular weight excluding hydrogens is 255 g/mol. The lowest BCUT2D eigenvalue weighted by molar-refractivity contribution is -0.124. The fourth-order valence-electron chi connectivity index (χ4n) is 2.43. The Labute approximate surface area is 110 Å². The first-order chi connectivity index (χ1) is 8.47. The van der Waals surface area contributed by atoms with Crippen molar-refractivity contribution >= 4 is 23.2 Å². The Morgan fingerprint density at radius 2 is 2.22 bits per heavy atom. The molecule has 0 saturated heterocycles. The molecule has 2 atom stereocenters. The summed E-state index contributed by atoms with van der Waals surface area (Å²) in [4.78, 5) is 23.1. The number of rotatable bonds is 3. The summed E-state index contributed by atoms with van der Waals surface area (Å²) in [7, 11) is 0. The number of benzene rings is 1. The molecule has 1 saturated carbocycles. The van der Waals surface area contributed by atoms with E-state index in [0.29, 0.717) is 19.3 Å². The summed E-state index contributed by atoms with van der Waals surface area (Å²) >= 11 is 5.70. The van der Waals surface area contributed by atoms with Gasteiger partial charge in [0.05, 0.1) is 5.02 Å². The first-order valence-electron chi connectivity index (χ1n) is 5.94. The highest BCUT2D eigenvalue weighted by Crippen LogP contribution is 2.31. The molecule has 0 heterocycles. The summed E-state index contributed by atoms with van der Waals surface area (Å²) in [5, 5.41) is 0.0704. The third kappa shape index (κ3) is 2.78. The van der Waals surface area contributed by atoms with E-state index in [1.165, 1.54) is 13.0 Å². The van der Waals surface area contributed by atoms with Crippen LogP contribution in [0.2, 0.25) is 5.02 Å². The Bertz CT molecular complexity index is 499. The molecule has 1 aromatic rings. The predicted molar refractivity (Wildman–Crippen MR) is 67.0 cm³/mol. The van der Waals surface area contributed by atoms with Crippen LogP contribution in [-0.2, 0) is 16.0 Å². The van der Waals surface area contributed by atoms with Crippen molar-refractivity contribution in [2.24, 2.45) is 11.8 Å². The molecule has 0 unspecified atom stereocenters. The SMILES string of the molecule is CC(=O)[C@@H]1CC(=O)[C@@H](Cc2ccc(F)c(Cl)c2)C1. The van der Waals surface area contributed by atoms with E-state index in [9.17, 15) is 14.0 Å². The van der Waals surface area contributed by atoms with Crippen LogP contribution in [0.1, 0.15) is 25.3 Å². The molecule has 0 amide bonds. The van der Waals surface area contributed by atoms with Gasteiger partial charge in [-0.25, -0.2) is 4.39 Å². The van der Waals surface area contributed by atoms with Crippen molar-refractivity contribution < 1.29 is 14.0 Å². The minimum absolute atomic E-state index is 0.0704. The molecule has 0 bridgehead atoms. The van der Waals surface area contributed by atoms with E-state index in [1.54, 1.807) is 12.1 Å². The maximum absolute atomic E-state index is 13.0. The van der Waals surface area contributed by atoms with E-state index < -0.39 is 5.82 Å². The number of hydrogen-bond acceptors (Lipinski definition) is 2. The Morgan fingerprint density at radius 3 is 2.78 bits per heavy atom. The number of carbonyl (C=O) groups excluding carboxylic acids is 2. The van der Waals surface area contributed by atoms with Crippen LogP contribution in [0.4, 0.5) is 4.39 Å². The van der Waals surface area contributed by atoms with Crippen LogP contribution in [0.25, 0.3) is 0 Å². The first-order valence-corrected chi connectivity index (χ1v) is 6.32.